The van der Waals surface area contributed by atoms with Crippen molar-refractivity contribution < 1.29 is 26.7 Å². The third-order valence-corrected chi connectivity index (χ3v) is 5.41. The van der Waals surface area contributed by atoms with Crippen LogP contribution in [0.3, 0.4) is 0 Å². The second kappa shape index (κ2) is 5.23. The molecule has 1 heterocycles. The van der Waals surface area contributed by atoms with E-state index in [0.717, 1.165) is 22.3 Å². The molecule has 0 spiro atoms. The fourth-order valence-electron chi connectivity index (χ4n) is 1.55. The molecule has 0 bridgehead atoms. The molecule has 0 atom stereocenters. The predicted molar refractivity (Wildman–Crippen MR) is 73.0 cm³/mol. The van der Waals surface area contributed by atoms with E-state index >= 15 is 0 Å². The van der Waals surface area contributed by atoms with Gasteiger partial charge in [0.15, 0.2) is 0 Å². The van der Waals surface area contributed by atoms with Crippen LogP contribution in [0.4, 0.5) is 18.9 Å². The second-order valence-corrected chi connectivity index (χ2v) is 7.40. The van der Waals surface area contributed by atoms with Crippen molar-refractivity contribution in [2.24, 2.45) is 0 Å². The van der Waals surface area contributed by atoms with Crippen LogP contribution in [0.1, 0.15) is 10.4 Å². The van der Waals surface area contributed by atoms with Crippen molar-refractivity contribution in [1.29, 1.82) is 0 Å². The highest BCUT2D eigenvalue weighted by Crippen LogP contribution is 2.35. The number of sulfonamides is 1. The van der Waals surface area contributed by atoms with Crippen molar-refractivity contribution in [1.82, 2.24) is 0 Å². The molecule has 0 amide bonds. The Hall–Kier alpha value is -1.74. The first-order valence-corrected chi connectivity index (χ1v) is 7.89. The molecule has 1 aromatic carbocycles. The van der Waals surface area contributed by atoms with Crippen LogP contribution in [0.5, 0.6) is 5.75 Å². The Bertz CT molecular complexity index is 766. The minimum atomic E-state index is -4.63. The summed E-state index contributed by atoms with van der Waals surface area (Å²) in [4.78, 5) is 0.739. The summed E-state index contributed by atoms with van der Waals surface area (Å²) in [7, 11) is -4.04. The third-order valence-electron chi connectivity index (χ3n) is 2.55. The smallest absolute Gasteiger partial charge is 0.416 e. The zero-order chi connectivity index (χ0) is 15.8. The quantitative estimate of drug-likeness (QED) is 0.841. The average Bonchev–Trinajstić information content (AvgIpc) is 2.78. The Morgan fingerprint density at radius 2 is 1.86 bits per heavy atom. The number of phenolic OH excluding ortho intramolecular Hbond substituents is 1. The molecule has 0 aliphatic carbocycles. The largest absolute Gasteiger partial charge is 0.506 e. The lowest BCUT2D eigenvalue weighted by atomic mass is 10.2. The molecule has 4 nitrogen and oxygen atoms in total. The molecule has 0 aliphatic heterocycles. The summed E-state index contributed by atoms with van der Waals surface area (Å²) in [5.74, 6) is -0.583. The number of halogens is 3. The number of hydrogen-bond acceptors (Lipinski definition) is 4. The topological polar surface area (TPSA) is 66.4 Å². The van der Waals surface area contributed by atoms with Crippen LogP contribution < -0.4 is 4.72 Å². The summed E-state index contributed by atoms with van der Waals surface area (Å²) in [6, 6.07) is 4.92. The molecule has 0 saturated heterocycles. The fraction of sp³-hybridized carbons (Fsp3) is 0.167. The molecule has 2 rings (SSSR count). The normalized spacial score (nSPS) is 12.4. The Labute approximate surface area is 122 Å². The number of phenols is 1. The van der Waals surface area contributed by atoms with E-state index in [2.05, 4.69) is 0 Å². The van der Waals surface area contributed by atoms with E-state index in [-0.39, 0.29) is 4.21 Å². The second-order valence-electron chi connectivity index (χ2n) is 4.20. The van der Waals surface area contributed by atoms with Gasteiger partial charge in [-0.1, -0.05) is 0 Å². The number of aryl methyl sites for hydroxylation is 1. The Balaban J connectivity index is 2.39. The van der Waals surface area contributed by atoms with Crippen molar-refractivity contribution >= 4 is 27.0 Å². The van der Waals surface area contributed by atoms with E-state index in [9.17, 15) is 26.7 Å². The third kappa shape index (κ3) is 3.48. The van der Waals surface area contributed by atoms with Crippen molar-refractivity contribution in [3.8, 4) is 5.75 Å². The van der Waals surface area contributed by atoms with Gasteiger partial charge in [-0.05, 0) is 37.3 Å². The SMILES string of the molecule is Cc1ccc(S(=O)(=O)Nc2cc(C(F)(F)F)ccc2O)s1. The van der Waals surface area contributed by atoms with Gasteiger partial charge in [0, 0.05) is 4.88 Å². The van der Waals surface area contributed by atoms with Crippen LogP contribution in [0.15, 0.2) is 34.5 Å². The number of alkyl halides is 3. The molecule has 9 heteroatoms. The minimum Gasteiger partial charge on any atom is -0.506 e. The molecule has 2 aromatic rings. The first-order chi connectivity index (χ1) is 9.59. The molecule has 0 radical (unpaired) electrons. The van der Waals surface area contributed by atoms with E-state index in [1.165, 1.54) is 6.07 Å². The Kier molecular flexibility index (Phi) is 3.89. The van der Waals surface area contributed by atoms with Crippen molar-refractivity contribution in [2.75, 3.05) is 4.72 Å². The molecule has 0 unspecified atom stereocenters. The van der Waals surface area contributed by atoms with Crippen LogP contribution in [0.2, 0.25) is 0 Å². The number of rotatable bonds is 3. The monoisotopic (exact) mass is 337 g/mol. The highest BCUT2D eigenvalue weighted by Gasteiger charge is 2.31. The van der Waals surface area contributed by atoms with Gasteiger partial charge in [-0.25, -0.2) is 8.42 Å². The van der Waals surface area contributed by atoms with Crippen LogP contribution in [-0.2, 0) is 16.2 Å². The fourth-order valence-corrected chi connectivity index (χ4v) is 3.89. The van der Waals surface area contributed by atoms with Crippen LogP contribution in [0, 0.1) is 6.92 Å². The number of hydrogen-bond donors (Lipinski definition) is 2. The molecular weight excluding hydrogens is 327 g/mol. The number of nitrogens with one attached hydrogen (secondary N) is 1. The molecular formula is C12H10F3NO3S2. The lowest BCUT2D eigenvalue weighted by molar-refractivity contribution is -0.137. The molecule has 114 valence electrons. The van der Waals surface area contributed by atoms with Gasteiger partial charge in [0.2, 0.25) is 0 Å². The molecule has 1 aromatic heterocycles. The van der Waals surface area contributed by atoms with E-state index in [1.807, 2.05) is 4.72 Å². The van der Waals surface area contributed by atoms with Gasteiger partial charge in [-0.15, -0.1) is 11.3 Å². The van der Waals surface area contributed by atoms with E-state index in [1.54, 1.807) is 13.0 Å². The summed E-state index contributed by atoms with van der Waals surface area (Å²) >= 11 is 0.975. The van der Waals surface area contributed by atoms with Gasteiger partial charge in [0.05, 0.1) is 11.3 Å². The van der Waals surface area contributed by atoms with E-state index < -0.39 is 33.2 Å². The predicted octanol–water partition coefficient (Wildman–Crippen LogP) is 3.58. The summed E-state index contributed by atoms with van der Waals surface area (Å²) in [5, 5.41) is 9.53. The maximum Gasteiger partial charge on any atom is 0.416 e. The van der Waals surface area contributed by atoms with Crippen LogP contribution in [0.25, 0.3) is 0 Å². The average molecular weight is 337 g/mol. The maximum absolute atomic E-state index is 12.6. The number of anilines is 1. The van der Waals surface area contributed by atoms with Crippen molar-refractivity contribution in [3.05, 3.63) is 40.8 Å². The Morgan fingerprint density at radius 1 is 1.19 bits per heavy atom. The van der Waals surface area contributed by atoms with Crippen molar-refractivity contribution in [3.63, 3.8) is 0 Å². The summed E-state index contributed by atoms with van der Waals surface area (Å²) in [5.41, 5.74) is -1.57. The molecule has 0 fully saturated rings. The lowest BCUT2D eigenvalue weighted by Crippen LogP contribution is -2.13. The number of aromatic hydroxyl groups is 1. The van der Waals surface area contributed by atoms with Crippen LogP contribution >= 0.6 is 11.3 Å². The van der Waals surface area contributed by atoms with Gasteiger partial charge in [-0.3, -0.25) is 4.72 Å². The molecule has 21 heavy (non-hydrogen) atoms. The van der Waals surface area contributed by atoms with Gasteiger partial charge in [-0.2, -0.15) is 13.2 Å². The zero-order valence-electron chi connectivity index (χ0n) is 10.6. The molecule has 0 aliphatic rings. The minimum absolute atomic E-state index is 0.0446. The van der Waals surface area contributed by atoms with E-state index in [0.29, 0.717) is 12.1 Å². The standard InChI is InChI=1S/C12H10F3NO3S2/c1-7-2-5-11(20-7)21(18,19)16-9-6-8(12(13,14)15)3-4-10(9)17/h2-6,16-17H,1H3. The molecule has 2 N–H and O–H groups in total. The first-order valence-electron chi connectivity index (χ1n) is 5.59. The number of thiophene rings is 1. The van der Waals surface area contributed by atoms with Gasteiger partial charge in [0.1, 0.15) is 9.96 Å². The summed E-state index contributed by atoms with van der Waals surface area (Å²) in [6.45, 7) is 1.70. The highest BCUT2D eigenvalue weighted by atomic mass is 32.2. The zero-order valence-corrected chi connectivity index (χ0v) is 12.2. The Morgan fingerprint density at radius 3 is 2.38 bits per heavy atom. The number of benzene rings is 1. The highest BCUT2D eigenvalue weighted by molar-refractivity contribution is 7.94. The molecule has 0 saturated carbocycles. The summed E-state index contributed by atoms with van der Waals surface area (Å²) < 4.78 is 63.8. The maximum atomic E-state index is 12.6. The summed E-state index contributed by atoms with van der Waals surface area (Å²) in [6.07, 6.45) is -4.63. The van der Waals surface area contributed by atoms with Gasteiger partial charge < -0.3 is 5.11 Å². The first kappa shape index (κ1) is 15.6. The van der Waals surface area contributed by atoms with Gasteiger partial charge >= 0.3 is 6.18 Å². The lowest BCUT2D eigenvalue weighted by Gasteiger charge is -2.12. The van der Waals surface area contributed by atoms with Crippen LogP contribution in [-0.4, -0.2) is 13.5 Å². The van der Waals surface area contributed by atoms with E-state index in [4.69, 9.17) is 0 Å². The van der Waals surface area contributed by atoms with Gasteiger partial charge in [0.25, 0.3) is 10.0 Å². The van der Waals surface area contributed by atoms with Crippen molar-refractivity contribution in [2.45, 2.75) is 17.3 Å².